The number of carbonyl (C=O) groups excluding carboxylic acids is 1. The van der Waals surface area contributed by atoms with E-state index in [4.69, 9.17) is 5.53 Å². The first kappa shape index (κ1) is 19.0. The van der Waals surface area contributed by atoms with Crippen molar-refractivity contribution >= 4 is 5.97 Å². The fourth-order valence-corrected chi connectivity index (χ4v) is 2.56. The predicted octanol–water partition coefficient (Wildman–Crippen LogP) is 5.50. The number of carbonyl (C=O) groups is 1. The van der Waals surface area contributed by atoms with Gasteiger partial charge in [0.15, 0.2) is 0 Å². The summed E-state index contributed by atoms with van der Waals surface area (Å²) in [5, 5.41) is 3.94. The molecular formula is C18H27N3O2. The van der Waals surface area contributed by atoms with Crippen molar-refractivity contribution < 1.29 is 9.53 Å². The molecule has 0 aliphatic carbocycles. The average Bonchev–Trinajstić information content (AvgIpc) is 2.58. The Morgan fingerprint density at radius 1 is 1.22 bits per heavy atom. The Morgan fingerprint density at radius 2 is 1.96 bits per heavy atom. The molecule has 0 bridgehead atoms. The first-order valence-electron chi connectivity index (χ1n) is 8.41. The van der Waals surface area contributed by atoms with Crippen LogP contribution in [0.15, 0.2) is 29.4 Å². The number of unbranched alkanes of at least 4 members (excludes halogenated alkanes) is 3. The maximum absolute atomic E-state index is 11.1. The van der Waals surface area contributed by atoms with Gasteiger partial charge >= 0.3 is 5.97 Å². The minimum atomic E-state index is -0.169. The summed E-state index contributed by atoms with van der Waals surface area (Å²) < 4.78 is 4.64. The molecule has 0 saturated heterocycles. The van der Waals surface area contributed by atoms with Crippen LogP contribution in [0.2, 0.25) is 0 Å². The van der Waals surface area contributed by atoms with Crippen molar-refractivity contribution in [3.05, 3.63) is 45.8 Å². The second-order valence-electron chi connectivity index (χ2n) is 5.74. The van der Waals surface area contributed by atoms with E-state index >= 15 is 0 Å². The number of aryl methyl sites for hydroxylation is 1. The van der Waals surface area contributed by atoms with E-state index in [1.807, 2.05) is 12.1 Å². The van der Waals surface area contributed by atoms with Crippen LogP contribution in [0, 0.1) is 0 Å². The van der Waals surface area contributed by atoms with E-state index in [1.165, 1.54) is 31.9 Å². The molecule has 0 fully saturated rings. The fraction of sp³-hybridized carbons (Fsp3) is 0.611. The molecule has 0 N–H and O–H groups in total. The molecule has 0 saturated carbocycles. The molecule has 5 heteroatoms. The molecule has 1 unspecified atom stereocenters. The molecule has 23 heavy (non-hydrogen) atoms. The molecule has 1 aromatic rings. The quantitative estimate of drug-likeness (QED) is 0.177. The van der Waals surface area contributed by atoms with Crippen molar-refractivity contribution in [2.24, 2.45) is 5.11 Å². The molecule has 0 aliphatic rings. The largest absolute Gasteiger partial charge is 0.469 e. The number of esters is 1. The lowest BCUT2D eigenvalue weighted by Gasteiger charge is -2.12. The highest BCUT2D eigenvalue weighted by atomic mass is 16.5. The van der Waals surface area contributed by atoms with Gasteiger partial charge in [0, 0.05) is 11.3 Å². The van der Waals surface area contributed by atoms with Crippen LogP contribution in [0.25, 0.3) is 10.4 Å². The maximum Gasteiger partial charge on any atom is 0.305 e. The second kappa shape index (κ2) is 11.6. The summed E-state index contributed by atoms with van der Waals surface area (Å²) in [6.07, 6.45) is 7.65. The third kappa shape index (κ3) is 7.71. The molecule has 5 nitrogen and oxygen atoms in total. The highest BCUT2D eigenvalue weighted by Crippen LogP contribution is 2.25. The van der Waals surface area contributed by atoms with Crippen LogP contribution >= 0.6 is 0 Å². The van der Waals surface area contributed by atoms with Gasteiger partial charge in [-0.2, -0.15) is 0 Å². The summed E-state index contributed by atoms with van der Waals surface area (Å²) in [5.41, 5.74) is 11.0. The Morgan fingerprint density at radius 3 is 2.57 bits per heavy atom. The Bertz CT molecular complexity index is 508. The van der Waals surface area contributed by atoms with Crippen LogP contribution in [-0.2, 0) is 16.0 Å². The van der Waals surface area contributed by atoms with Gasteiger partial charge in [-0.25, -0.2) is 0 Å². The zero-order valence-electron chi connectivity index (χ0n) is 14.2. The third-order valence-electron chi connectivity index (χ3n) is 3.96. The van der Waals surface area contributed by atoms with Gasteiger partial charge in [0.25, 0.3) is 0 Å². The molecule has 0 amide bonds. The van der Waals surface area contributed by atoms with Crippen LogP contribution < -0.4 is 0 Å². The summed E-state index contributed by atoms with van der Waals surface area (Å²) in [6, 6.07) is 8.09. The minimum absolute atomic E-state index is 0.0824. The van der Waals surface area contributed by atoms with E-state index < -0.39 is 0 Å². The smallest absolute Gasteiger partial charge is 0.305 e. The molecule has 0 heterocycles. The first-order chi connectivity index (χ1) is 11.2. The van der Waals surface area contributed by atoms with Crippen LogP contribution in [0.3, 0.4) is 0 Å². The summed E-state index contributed by atoms with van der Waals surface area (Å²) >= 11 is 0. The average molecular weight is 317 g/mol. The molecule has 0 spiro atoms. The molecule has 0 radical (unpaired) electrons. The highest BCUT2D eigenvalue weighted by molar-refractivity contribution is 5.69. The Hall–Kier alpha value is -2.00. The molecule has 0 aromatic heterocycles. The number of azide groups is 1. The lowest BCUT2D eigenvalue weighted by atomic mass is 9.98. The Kier molecular flexibility index (Phi) is 9.57. The Balaban J connectivity index is 2.53. The van der Waals surface area contributed by atoms with E-state index in [1.54, 1.807) is 0 Å². The van der Waals surface area contributed by atoms with Gasteiger partial charge in [-0.05, 0) is 35.9 Å². The van der Waals surface area contributed by atoms with E-state index in [0.29, 0.717) is 6.42 Å². The Labute approximate surface area is 138 Å². The fourth-order valence-electron chi connectivity index (χ4n) is 2.56. The highest BCUT2D eigenvalue weighted by Gasteiger charge is 2.09. The van der Waals surface area contributed by atoms with Gasteiger partial charge in [0.1, 0.15) is 0 Å². The van der Waals surface area contributed by atoms with Crippen LogP contribution in [0.4, 0.5) is 0 Å². The van der Waals surface area contributed by atoms with Crippen molar-refractivity contribution in [3.8, 4) is 0 Å². The summed E-state index contributed by atoms with van der Waals surface area (Å²) in [5.74, 6) is -0.169. The second-order valence-corrected chi connectivity index (χ2v) is 5.74. The van der Waals surface area contributed by atoms with Crippen molar-refractivity contribution in [1.82, 2.24) is 0 Å². The zero-order chi connectivity index (χ0) is 16.9. The van der Waals surface area contributed by atoms with Crippen LogP contribution in [-0.4, -0.2) is 13.1 Å². The molecule has 1 rings (SSSR count). The standard InChI is InChI=1S/C18H27N3O2/c1-3-4-5-6-9-17(20-21-19)16-13-11-15(12-14-16)8-7-10-18(22)23-2/h11-14,17H,3-10H2,1-2H3. The maximum atomic E-state index is 11.1. The molecule has 1 atom stereocenters. The van der Waals surface area contributed by atoms with E-state index in [0.717, 1.165) is 31.2 Å². The number of nitrogens with zero attached hydrogens (tertiary/aromatic N) is 3. The lowest BCUT2D eigenvalue weighted by molar-refractivity contribution is -0.140. The van der Waals surface area contributed by atoms with Gasteiger partial charge in [0.2, 0.25) is 0 Å². The van der Waals surface area contributed by atoms with Crippen molar-refractivity contribution in [1.29, 1.82) is 0 Å². The number of benzene rings is 1. The van der Waals surface area contributed by atoms with Gasteiger partial charge < -0.3 is 4.74 Å². The zero-order valence-corrected chi connectivity index (χ0v) is 14.2. The van der Waals surface area contributed by atoms with E-state index in [-0.39, 0.29) is 12.0 Å². The van der Waals surface area contributed by atoms with Crippen molar-refractivity contribution in [2.75, 3.05) is 7.11 Å². The van der Waals surface area contributed by atoms with Crippen molar-refractivity contribution in [2.45, 2.75) is 64.3 Å². The van der Waals surface area contributed by atoms with Gasteiger partial charge in [-0.1, -0.05) is 62.0 Å². The van der Waals surface area contributed by atoms with E-state index in [2.05, 4.69) is 33.8 Å². The number of ether oxygens (including phenoxy) is 1. The molecule has 126 valence electrons. The van der Waals surface area contributed by atoms with Crippen LogP contribution in [0.1, 0.15) is 69.0 Å². The molecule has 0 aliphatic heterocycles. The molecule has 1 aromatic carbocycles. The number of rotatable bonds is 11. The number of methoxy groups -OCH3 is 1. The van der Waals surface area contributed by atoms with E-state index in [9.17, 15) is 4.79 Å². The SMILES string of the molecule is CCCCCCC(N=[N+]=[N-])c1ccc(CCCC(=O)OC)cc1. The third-order valence-corrected chi connectivity index (χ3v) is 3.96. The lowest BCUT2D eigenvalue weighted by Crippen LogP contribution is -2.00. The number of hydrogen-bond acceptors (Lipinski definition) is 3. The normalized spacial score (nSPS) is 11.6. The first-order valence-corrected chi connectivity index (χ1v) is 8.41. The summed E-state index contributed by atoms with van der Waals surface area (Å²) in [6.45, 7) is 2.18. The van der Waals surface area contributed by atoms with Gasteiger partial charge in [-0.3, -0.25) is 4.79 Å². The van der Waals surface area contributed by atoms with Gasteiger partial charge in [0.05, 0.1) is 13.2 Å². The molecular weight excluding hydrogens is 290 g/mol. The monoisotopic (exact) mass is 317 g/mol. The van der Waals surface area contributed by atoms with Crippen LogP contribution in [0.5, 0.6) is 0 Å². The summed E-state index contributed by atoms with van der Waals surface area (Å²) in [7, 11) is 1.41. The summed E-state index contributed by atoms with van der Waals surface area (Å²) in [4.78, 5) is 14.1. The minimum Gasteiger partial charge on any atom is -0.469 e. The number of hydrogen-bond donors (Lipinski definition) is 0. The van der Waals surface area contributed by atoms with Crippen molar-refractivity contribution in [3.63, 3.8) is 0 Å². The topological polar surface area (TPSA) is 75.1 Å². The van der Waals surface area contributed by atoms with Gasteiger partial charge in [-0.15, -0.1) is 0 Å². The predicted molar refractivity (Wildman–Crippen MR) is 92.0 cm³/mol.